The van der Waals surface area contributed by atoms with Crippen LogP contribution in [0.4, 0.5) is 5.69 Å². The van der Waals surface area contributed by atoms with Gasteiger partial charge in [-0.1, -0.05) is 12.1 Å². The zero-order valence-corrected chi connectivity index (χ0v) is 14.6. The molecule has 1 aromatic carbocycles. The summed E-state index contributed by atoms with van der Waals surface area (Å²) < 4.78 is 7.31. The van der Waals surface area contributed by atoms with Crippen LogP contribution in [0.1, 0.15) is 27.5 Å². The highest BCUT2D eigenvalue weighted by Crippen LogP contribution is 2.31. The van der Waals surface area contributed by atoms with Gasteiger partial charge >= 0.3 is 0 Å². The number of aromatic nitrogens is 2. The molecule has 0 aliphatic rings. The van der Waals surface area contributed by atoms with Gasteiger partial charge in [0.25, 0.3) is 5.69 Å². The van der Waals surface area contributed by atoms with Crippen molar-refractivity contribution in [3.63, 3.8) is 0 Å². The Morgan fingerprint density at radius 2 is 1.96 bits per heavy atom. The summed E-state index contributed by atoms with van der Waals surface area (Å²) in [6.07, 6.45) is 2.96. The van der Waals surface area contributed by atoms with E-state index in [2.05, 4.69) is 5.10 Å². The summed E-state index contributed by atoms with van der Waals surface area (Å²) in [5, 5.41) is 15.4. The Morgan fingerprint density at radius 1 is 1.23 bits per heavy atom. The molecule has 0 saturated heterocycles. The highest BCUT2D eigenvalue weighted by molar-refractivity contribution is 6.08. The molecule has 0 spiro atoms. The molecule has 2 heterocycles. The lowest BCUT2D eigenvalue weighted by Crippen LogP contribution is -1.99. The van der Waals surface area contributed by atoms with E-state index >= 15 is 0 Å². The zero-order valence-electron chi connectivity index (χ0n) is 14.6. The first kappa shape index (κ1) is 17.3. The predicted molar refractivity (Wildman–Crippen MR) is 96.8 cm³/mol. The van der Waals surface area contributed by atoms with Gasteiger partial charge < -0.3 is 4.42 Å². The van der Waals surface area contributed by atoms with Crippen molar-refractivity contribution >= 4 is 17.5 Å². The monoisotopic (exact) mass is 351 g/mol. The fourth-order valence-corrected chi connectivity index (χ4v) is 2.80. The van der Waals surface area contributed by atoms with Gasteiger partial charge in [0.2, 0.25) is 0 Å². The molecule has 3 rings (SSSR count). The number of para-hydroxylation sites is 1. The molecule has 0 fully saturated rings. The summed E-state index contributed by atoms with van der Waals surface area (Å²) in [5.74, 6) is 0.639. The number of nitro benzene ring substituents is 1. The number of ketones is 1. The Hall–Kier alpha value is -3.48. The molecule has 0 radical (unpaired) electrons. The van der Waals surface area contributed by atoms with Gasteiger partial charge in [0.15, 0.2) is 5.78 Å². The number of benzene rings is 1. The number of carbonyl (C=O) groups excluding carboxylic acids is 1. The Bertz CT molecular complexity index is 1030. The number of nitrogens with zero attached hydrogens (tertiary/aromatic N) is 3. The number of furan rings is 1. The second-order valence-corrected chi connectivity index (χ2v) is 5.84. The number of hydrogen-bond acceptors (Lipinski definition) is 5. The van der Waals surface area contributed by atoms with Crippen LogP contribution in [0.2, 0.25) is 0 Å². The van der Waals surface area contributed by atoms with E-state index in [1.54, 1.807) is 55.1 Å². The molecule has 7 heteroatoms. The molecule has 0 saturated carbocycles. The van der Waals surface area contributed by atoms with Crippen LogP contribution in [-0.4, -0.2) is 20.5 Å². The van der Waals surface area contributed by atoms with Gasteiger partial charge in [0.1, 0.15) is 11.5 Å². The summed E-state index contributed by atoms with van der Waals surface area (Å²) in [6.45, 7) is 3.62. The van der Waals surface area contributed by atoms with E-state index in [-0.39, 0.29) is 11.5 Å². The minimum Gasteiger partial charge on any atom is -0.456 e. The van der Waals surface area contributed by atoms with E-state index in [1.165, 1.54) is 12.1 Å². The van der Waals surface area contributed by atoms with Gasteiger partial charge in [0, 0.05) is 18.8 Å². The minimum atomic E-state index is -0.454. The summed E-state index contributed by atoms with van der Waals surface area (Å²) in [4.78, 5) is 23.1. The van der Waals surface area contributed by atoms with Gasteiger partial charge in [-0.25, -0.2) is 0 Å². The number of carbonyl (C=O) groups is 1. The third-order valence-electron chi connectivity index (χ3n) is 4.15. The van der Waals surface area contributed by atoms with Gasteiger partial charge in [-0.2, -0.15) is 5.10 Å². The van der Waals surface area contributed by atoms with Crippen molar-refractivity contribution in [2.24, 2.45) is 7.05 Å². The zero-order chi connectivity index (χ0) is 18.8. The molecule has 2 aromatic heterocycles. The van der Waals surface area contributed by atoms with Crippen molar-refractivity contribution in [3.8, 4) is 11.3 Å². The predicted octanol–water partition coefficient (Wildman–Crippen LogP) is 4.10. The molecule has 0 N–H and O–H groups in total. The van der Waals surface area contributed by atoms with Crippen LogP contribution in [0, 0.1) is 24.0 Å². The van der Waals surface area contributed by atoms with Gasteiger partial charge in [-0.3, -0.25) is 19.6 Å². The normalized spacial score (nSPS) is 11.2. The highest BCUT2D eigenvalue weighted by Gasteiger charge is 2.17. The Balaban J connectivity index is 1.86. The van der Waals surface area contributed by atoms with Crippen LogP contribution in [-0.2, 0) is 7.05 Å². The molecule has 26 heavy (non-hydrogen) atoms. The van der Waals surface area contributed by atoms with Crippen molar-refractivity contribution in [1.29, 1.82) is 0 Å². The second kappa shape index (κ2) is 6.79. The van der Waals surface area contributed by atoms with Crippen LogP contribution < -0.4 is 0 Å². The largest absolute Gasteiger partial charge is 0.456 e. The molecule has 3 aromatic rings. The summed E-state index contributed by atoms with van der Waals surface area (Å²) >= 11 is 0. The quantitative estimate of drug-likeness (QED) is 0.299. The first-order valence-electron chi connectivity index (χ1n) is 7.94. The standard InChI is InChI=1S/C19H17N3O4/c1-12-19(13(2)21(3)20-12)17(23)10-8-14-9-11-18(26-14)15-6-4-5-7-16(15)22(24)25/h4-11H,1-3H3/b10-8+. The lowest BCUT2D eigenvalue weighted by Gasteiger charge is -1.98. The highest BCUT2D eigenvalue weighted by atomic mass is 16.6. The van der Waals surface area contributed by atoms with Crippen molar-refractivity contribution in [2.45, 2.75) is 13.8 Å². The lowest BCUT2D eigenvalue weighted by molar-refractivity contribution is -0.384. The van der Waals surface area contributed by atoms with Crippen molar-refractivity contribution < 1.29 is 14.1 Å². The lowest BCUT2D eigenvalue weighted by atomic mass is 10.1. The molecule has 7 nitrogen and oxygen atoms in total. The average Bonchev–Trinajstić information content (AvgIpc) is 3.17. The van der Waals surface area contributed by atoms with Crippen LogP contribution in [0.15, 0.2) is 46.9 Å². The molecule has 0 aliphatic heterocycles. The molecular formula is C19H17N3O4. The summed E-state index contributed by atoms with van der Waals surface area (Å²) in [5.41, 5.74) is 2.38. The molecule has 0 bridgehead atoms. The van der Waals surface area contributed by atoms with E-state index in [9.17, 15) is 14.9 Å². The van der Waals surface area contributed by atoms with Gasteiger partial charge in [-0.15, -0.1) is 0 Å². The molecule has 0 atom stereocenters. The molecule has 132 valence electrons. The summed E-state index contributed by atoms with van der Waals surface area (Å²) in [7, 11) is 1.79. The third-order valence-corrected chi connectivity index (χ3v) is 4.15. The third kappa shape index (κ3) is 3.19. The maximum absolute atomic E-state index is 12.4. The van der Waals surface area contributed by atoms with Crippen LogP contribution in [0.5, 0.6) is 0 Å². The summed E-state index contributed by atoms with van der Waals surface area (Å²) in [6, 6.07) is 9.66. The van der Waals surface area contributed by atoms with E-state index in [0.717, 1.165) is 5.69 Å². The van der Waals surface area contributed by atoms with Crippen molar-refractivity contribution in [3.05, 3.63) is 75.3 Å². The maximum atomic E-state index is 12.4. The SMILES string of the molecule is Cc1nn(C)c(C)c1C(=O)/C=C/c1ccc(-c2ccccc2[N+](=O)[O-])o1. The van der Waals surface area contributed by atoms with Gasteiger partial charge in [-0.05, 0) is 44.2 Å². The minimum absolute atomic E-state index is 0.0323. The van der Waals surface area contributed by atoms with E-state index in [4.69, 9.17) is 4.42 Å². The molecule has 0 amide bonds. The number of allylic oxidation sites excluding steroid dienone is 1. The fraction of sp³-hybridized carbons (Fsp3) is 0.158. The number of nitro groups is 1. The smallest absolute Gasteiger partial charge is 0.280 e. The number of rotatable bonds is 5. The van der Waals surface area contributed by atoms with E-state index in [1.807, 2.05) is 6.92 Å². The molecule has 0 unspecified atom stereocenters. The maximum Gasteiger partial charge on any atom is 0.280 e. The first-order valence-corrected chi connectivity index (χ1v) is 7.94. The van der Waals surface area contributed by atoms with Crippen LogP contribution >= 0.6 is 0 Å². The number of aryl methyl sites for hydroxylation is 2. The fourth-order valence-electron chi connectivity index (χ4n) is 2.80. The Morgan fingerprint density at radius 3 is 2.62 bits per heavy atom. The van der Waals surface area contributed by atoms with E-state index in [0.29, 0.717) is 28.3 Å². The Kier molecular flexibility index (Phi) is 4.53. The Labute approximate surface area is 149 Å². The van der Waals surface area contributed by atoms with Gasteiger partial charge in [0.05, 0.1) is 21.7 Å². The van der Waals surface area contributed by atoms with Crippen molar-refractivity contribution in [1.82, 2.24) is 9.78 Å². The average molecular weight is 351 g/mol. The van der Waals surface area contributed by atoms with Crippen LogP contribution in [0.3, 0.4) is 0 Å². The van der Waals surface area contributed by atoms with Crippen LogP contribution in [0.25, 0.3) is 17.4 Å². The molecule has 0 aliphatic carbocycles. The topological polar surface area (TPSA) is 91.2 Å². The second-order valence-electron chi connectivity index (χ2n) is 5.84. The van der Waals surface area contributed by atoms with Crippen molar-refractivity contribution in [2.75, 3.05) is 0 Å². The van der Waals surface area contributed by atoms with E-state index < -0.39 is 4.92 Å². The molecular weight excluding hydrogens is 334 g/mol. The first-order chi connectivity index (χ1) is 12.4. The number of hydrogen-bond donors (Lipinski definition) is 0.